The first-order valence-electron chi connectivity index (χ1n) is 13.8. The summed E-state index contributed by atoms with van der Waals surface area (Å²) in [4.78, 5) is 29.1. The SMILES string of the molecule is CNC(=O)[C@H](Cc1ccccc1)N(Cc1cccc(Br)c1)C(=O)CN(c1ccccc1)S(=O)(=O)c1ccc(OC)c(OC)c1. The molecule has 0 saturated carbocycles. The van der Waals surface area contributed by atoms with Crippen LogP contribution in [0.1, 0.15) is 11.1 Å². The van der Waals surface area contributed by atoms with Crippen molar-refractivity contribution < 1.29 is 27.5 Å². The predicted octanol–water partition coefficient (Wildman–Crippen LogP) is 5.05. The number of likely N-dealkylation sites (N-methyl/N-ethyl adjacent to an activating group) is 1. The number of benzene rings is 4. The second-order valence-corrected chi connectivity index (χ2v) is 12.6. The molecule has 9 nitrogen and oxygen atoms in total. The lowest BCUT2D eigenvalue weighted by molar-refractivity contribution is -0.139. The molecule has 0 spiro atoms. The van der Waals surface area contributed by atoms with Crippen LogP contribution in [0.2, 0.25) is 0 Å². The third kappa shape index (κ3) is 7.78. The van der Waals surface area contributed by atoms with Crippen molar-refractivity contribution in [3.63, 3.8) is 0 Å². The molecule has 0 heterocycles. The maximum absolute atomic E-state index is 14.4. The molecule has 4 rings (SSSR count). The van der Waals surface area contributed by atoms with Crippen molar-refractivity contribution in [1.29, 1.82) is 0 Å². The summed E-state index contributed by atoms with van der Waals surface area (Å²) in [5.74, 6) is -0.330. The number of ether oxygens (including phenoxy) is 2. The van der Waals surface area contributed by atoms with Crippen molar-refractivity contribution in [3.8, 4) is 11.5 Å². The molecule has 0 bridgehead atoms. The molecular formula is C33H34BrN3O6S. The number of nitrogens with zero attached hydrogens (tertiary/aromatic N) is 2. The fraction of sp³-hybridized carbons (Fsp3) is 0.212. The van der Waals surface area contributed by atoms with Gasteiger partial charge in [-0.05, 0) is 47.5 Å². The number of carbonyl (C=O) groups is 2. The van der Waals surface area contributed by atoms with Gasteiger partial charge in [-0.3, -0.25) is 13.9 Å². The Bertz CT molecular complexity index is 1690. The van der Waals surface area contributed by atoms with Crippen LogP contribution in [0.15, 0.2) is 112 Å². The van der Waals surface area contributed by atoms with Crippen LogP contribution in [-0.4, -0.2) is 59.0 Å². The second kappa shape index (κ2) is 14.9. The molecule has 4 aromatic carbocycles. The van der Waals surface area contributed by atoms with Crippen molar-refractivity contribution in [2.45, 2.75) is 23.9 Å². The summed E-state index contributed by atoms with van der Waals surface area (Å²) in [7, 11) is 0.0981. The minimum absolute atomic E-state index is 0.0717. The average Bonchev–Trinajstić information content (AvgIpc) is 3.05. The molecule has 44 heavy (non-hydrogen) atoms. The van der Waals surface area contributed by atoms with Crippen LogP contribution in [0.4, 0.5) is 5.69 Å². The number of methoxy groups -OCH3 is 2. The van der Waals surface area contributed by atoms with E-state index in [1.807, 2.05) is 54.6 Å². The van der Waals surface area contributed by atoms with Crippen LogP contribution in [0.25, 0.3) is 0 Å². The van der Waals surface area contributed by atoms with Gasteiger partial charge in [-0.2, -0.15) is 0 Å². The molecule has 2 amide bonds. The fourth-order valence-electron chi connectivity index (χ4n) is 4.78. The van der Waals surface area contributed by atoms with E-state index in [-0.39, 0.29) is 35.2 Å². The third-order valence-corrected chi connectivity index (χ3v) is 9.29. The highest BCUT2D eigenvalue weighted by Crippen LogP contribution is 2.32. The number of carbonyl (C=O) groups excluding carboxylic acids is 2. The number of hydrogen-bond acceptors (Lipinski definition) is 6. The monoisotopic (exact) mass is 679 g/mol. The molecule has 0 radical (unpaired) electrons. The van der Waals surface area contributed by atoms with E-state index in [0.717, 1.165) is 19.9 Å². The van der Waals surface area contributed by atoms with E-state index in [0.29, 0.717) is 5.75 Å². The molecule has 0 fully saturated rings. The van der Waals surface area contributed by atoms with Crippen LogP contribution in [-0.2, 0) is 32.6 Å². The maximum Gasteiger partial charge on any atom is 0.264 e. The van der Waals surface area contributed by atoms with E-state index in [9.17, 15) is 18.0 Å². The van der Waals surface area contributed by atoms with Crippen LogP contribution in [0.3, 0.4) is 0 Å². The van der Waals surface area contributed by atoms with Crippen LogP contribution in [0.5, 0.6) is 11.5 Å². The highest BCUT2D eigenvalue weighted by molar-refractivity contribution is 9.10. The van der Waals surface area contributed by atoms with E-state index in [1.54, 1.807) is 30.3 Å². The molecule has 0 aliphatic rings. The standard InChI is InChI=1S/C33H34BrN3O6S/c1-35-33(39)29(20-24-11-6-4-7-12-24)36(22-25-13-10-14-26(34)19-25)32(38)23-37(27-15-8-5-9-16-27)44(40,41)28-17-18-30(42-2)31(21-28)43-3/h4-19,21,29H,20,22-23H2,1-3H3,(H,35,39)/t29-/m0/s1. The summed E-state index contributed by atoms with van der Waals surface area (Å²) < 4.78 is 40.9. The van der Waals surface area contributed by atoms with Crippen LogP contribution >= 0.6 is 15.9 Å². The molecule has 11 heteroatoms. The van der Waals surface area contributed by atoms with Crippen molar-refractivity contribution in [1.82, 2.24) is 10.2 Å². The average molecular weight is 681 g/mol. The van der Waals surface area contributed by atoms with E-state index in [2.05, 4.69) is 21.2 Å². The summed E-state index contributed by atoms with van der Waals surface area (Å²) in [5.41, 5.74) is 1.91. The molecule has 0 aromatic heterocycles. The molecule has 230 valence electrons. The predicted molar refractivity (Wildman–Crippen MR) is 173 cm³/mol. The first-order chi connectivity index (χ1) is 21.2. The highest BCUT2D eigenvalue weighted by Gasteiger charge is 2.34. The number of hydrogen-bond donors (Lipinski definition) is 1. The molecule has 1 atom stereocenters. The van der Waals surface area contributed by atoms with E-state index < -0.39 is 28.5 Å². The Morgan fingerprint density at radius 3 is 2.07 bits per heavy atom. The topological polar surface area (TPSA) is 105 Å². The normalized spacial score (nSPS) is 11.7. The Morgan fingerprint density at radius 2 is 1.45 bits per heavy atom. The molecule has 0 unspecified atom stereocenters. The number of nitrogens with one attached hydrogen (secondary N) is 1. The Labute approximate surface area is 266 Å². The lowest BCUT2D eigenvalue weighted by atomic mass is 10.0. The van der Waals surface area contributed by atoms with Crippen molar-refractivity contribution >= 4 is 43.5 Å². The quantitative estimate of drug-likeness (QED) is 0.212. The van der Waals surface area contributed by atoms with Gasteiger partial charge in [0.25, 0.3) is 10.0 Å². The van der Waals surface area contributed by atoms with Gasteiger partial charge in [0.2, 0.25) is 11.8 Å². The molecule has 0 aliphatic carbocycles. The number of rotatable bonds is 13. The minimum atomic E-state index is -4.29. The van der Waals surface area contributed by atoms with Gasteiger partial charge < -0.3 is 19.7 Å². The highest BCUT2D eigenvalue weighted by atomic mass is 79.9. The minimum Gasteiger partial charge on any atom is -0.493 e. The molecule has 0 saturated heterocycles. The summed E-state index contributed by atoms with van der Waals surface area (Å²) in [6.45, 7) is -0.487. The molecule has 1 N–H and O–H groups in total. The zero-order valence-electron chi connectivity index (χ0n) is 24.6. The van der Waals surface area contributed by atoms with Gasteiger partial charge in [0.15, 0.2) is 11.5 Å². The summed E-state index contributed by atoms with van der Waals surface area (Å²) in [5, 5.41) is 2.68. The summed E-state index contributed by atoms with van der Waals surface area (Å²) in [6, 6.07) is 28.5. The number of amides is 2. The maximum atomic E-state index is 14.4. The van der Waals surface area contributed by atoms with Gasteiger partial charge in [-0.1, -0.05) is 76.6 Å². The zero-order chi connectivity index (χ0) is 31.7. The Morgan fingerprint density at radius 1 is 0.818 bits per heavy atom. The Kier molecular flexibility index (Phi) is 11.0. The van der Waals surface area contributed by atoms with Gasteiger partial charge in [0.05, 0.1) is 24.8 Å². The van der Waals surface area contributed by atoms with E-state index in [1.165, 1.54) is 44.4 Å². The van der Waals surface area contributed by atoms with E-state index >= 15 is 0 Å². The number of halogens is 1. The van der Waals surface area contributed by atoms with Crippen molar-refractivity contribution in [3.05, 3.63) is 119 Å². The second-order valence-electron chi connectivity index (χ2n) is 9.84. The number of para-hydroxylation sites is 1. The summed E-state index contributed by atoms with van der Waals surface area (Å²) in [6.07, 6.45) is 0.230. The zero-order valence-corrected chi connectivity index (χ0v) is 27.0. The van der Waals surface area contributed by atoms with Crippen LogP contribution < -0.4 is 19.1 Å². The molecule has 0 aliphatic heterocycles. The number of sulfonamides is 1. The van der Waals surface area contributed by atoms with Crippen molar-refractivity contribution in [2.75, 3.05) is 32.1 Å². The Hall–Kier alpha value is -4.35. The van der Waals surface area contributed by atoms with Gasteiger partial charge in [-0.25, -0.2) is 8.42 Å². The number of anilines is 1. The fourth-order valence-corrected chi connectivity index (χ4v) is 6.66. The molecule has 4 aromatic rings. The van der Waals surface area contributed by atoms with Gasteiger partial charge in [0, 0.05) is 30.6 Å². The van der Waals surface area contributed by atoms with Gasteiger partial charge in [0.1, 0.15) is 12.6 Å². The van der Waals surface area contributed by atoms with E-state index in [4.69, 9.17) is 9.47 Å². The first kappa shape index (κ1) is 32.6. The largest absolute Gasteiger partial charge is 0.493 e. The lowest BCUT2D eigenvalue weighted by Gasteiger charge is -2.33. The third-order valence-electron chi connectivity index (χ3n) is 7.03. The molecular weight excluding hydrogens is 646 g/mol. The lowest BCUT2D eigenvalue weighted by Crippen LogP contribution is -2.53. The summed E-state index contributed by atoms with van der Waals surface area (Å²) >= 11 is 3.48. The van der Waals surface area contributed by atoms with Gasteiger partial charge >= 0.3 is 0 Å². The Balaban J connectivity index is 1.79. The first-order valence-corrected chi connectivity index (χ1v) is 16.0. The van der Waals surface area contributed by atoms with Gasteiger partial charge in [-0.15, -0.1) is 0 Å². The smallest absolute Gasteiger partial charge is 0.264 e. The van der Waals surface area contributed by atoms with Crippen LogP contribution in [0, 0.1) is 0 Å². The van der Waals surface area contributed by atoms with Crippen molar-refractivity contribution in [2.24, 2.45) is 0 Å².